The molecule has 1 aromatic carbocycles. The molecule has 1 aliphatic heterocycles. The number of hydrogen-bond donors (Lipinski definition) is 1. The van der Waals surface area contributed by atoms with Gasteiger partial charge < -0.3 is 14.6 Å². The predicted octanol–water partition coefficient (Wildman–Crippen LogP) is 2.60. The highest BCUT2D eigenvalue weighted by Crippen LogP contribution is 2.43. The summed E-state index contributed by atoms with van der Waals surface area (Å²) in [6.45, 7) is 1.46. The van der Waals surface area contributed by atoms with E-state index in [4.69, 9.17) is 14.6 Å². The molecule has 1 saturated heterocycles. The molecule has 0 radical (unpaired) electrons. The van der Waals surface area contributed by atoms with Gasteiger partial charge in [0.25, 0.3) is 5.79 Å². The first-order chi connectivity index (χ1) is 8.42. The quantitative estimate of drug-likeness (QED) is 0.903. The number of aliphatic carboxylic acids is 1. The van der Waals surface area contributed by atoms with Gasteiger partial charge in [0.2, 0.25) is 0 Å². The van der Waals surface area contributed by atoms with Crippen LogP contribution >= 0.6 is 0 Å². The lowest BCUT2D eigenvalue weighted by atomic mass is 9.97. The zero-order chi connectivity index (χ0) is 13.3. The van der Waals surface area contributed by atoms with Gasteiger partial charge in [0.15, 0.2) is 0 Å². The van der Waals surface area contributed by atoms with Gasteiger partial charge in [0.05, 0.1) is 6.42 Å². The number of ether oxygens (including phenoxy) is 2. The molecule has 4 nitrogen and oxygen atoms in total. The standard InChI is InChI=1S/C12H10F2O4/c1-12(17-11(18-12)10(13)14)8-5-3-2-4-7(8)6-9(15)16/h2-5H,6H2,1H3,(H,15,16). The molecule has 1 N–H and O–H groups in total. The first-order valence-electron chi connectivity index (χ1n) is 5.16. The van der Waals surface area contributed by atoms with Crippen LogP contribution in [0, 0.1) is 0 Å². The van der Waals surface area contributed by atoms with Gasteiger partial charge in [-0.05, 0) is 5.56 Å². The Labute approximate surface area is 101 Å². The lowest BCUT2D eigenvalue weighted by Gasteiger charge is -2.41. The highest BCUT2D eigenvalue weighted by molar-refractivity contribution is 5.70. The molecule has 1 heterocycles. The van der Waals surface area contributed by atoms with Crippen LogP contribution < -0.4 is 0 Å². The second-order valence-electron chi connectivity index (χ2n) is 3.93. The minimum atomic E-state index is -2.04. The van der Waals surface area contributed by atoms with Crippen LogP contribution in [0.1, 0.15) is 18.1 Å². The molecular formula is C12H10F2O4. The summed E-state index contributed by atoms with van der Waals surface area (Å²) in [5.41, 5.74) is 0.892. The fourth-order valence-corrected chi connectivity index (χ4v) is 1.83. The lowest BCUT2D eigenvalue weighted by molar-refractivity contribution is -0.340. The predicted molar refractivity (Wildman–Crippen MR) is 56.5 cm³/mol. The maximum Gasteiger partial charge on any atom is 0.355 e. The molecule has 1 aliphatic rings. The highest BCUT2D eigenvalue weighted by Gasteiger charge is 2.46. The number of benzene rings is 1. The molecule has 2 rings (SSSR count). The van der Waals surface area contributed by atoms with Crippen molar-refractivity contribution in [2.75, 3.05) is 0 Å². The summed E-state index contributed by atoms with van der Waals surface area (Å²) in [5, 5.41) is 8.78. The van der Waals surface area contributed by atoms with Gasteiger partial charge in [-0.3, -0.25) is 4.79 Å². The Hall–Kier alpha value is -2.11. The SMILES string of the molecule is CC1(c2ccccc2CC(=O)O)OC(=C(F)F)O1. The van der Waals surface area contributed by atoms with Crippen molar-refractivity contribution in [2.45, 2.75) is 19.1 Å². The molecule has 0 aliphatic carbocycles. The van der Waals surface area contributed by atoms with Crippen molar-refractivity contribution < 1.29 is 28.2 Å². The van der Waals surface area contributed by atoms with E-state index in [0.717, 1.165) is 0 Å². The number of rotatable bonds is 3. The van der Waals surface area contributed by atoms with Crippen molar-refractivity contribution in [3.63, 3.8) is 0 Å². The number of carbonyl (C=O) groups is 1. The van der Waals surface area contributed by atoms with E-state index in [1.807, 2.05) is 0 Å². The molecule has 0 aromatic heterocycles. The van der Waals surface area contributed by atoms with Gasteiger partial charge in [-0.15, -0.1) is 0 Å². The van der Waals surface area contributed by atoms with E-state index < -0.39 is 23.8 Å². The normalized spacial score (nSPS) is 21.6. The maximum absolute atomic E-state index is 12.2. The monoisotopic (exact) mass is 256 g/mol. The molecule has 18 heavy (non-hydrogen) atoms. The zero-order valence-corrected chi connectivity index (χ0v) is 9.44. The third-order valence-electron chi connectivity index (χ3n) is 2.58. The summed E-state index contributed by atoms with van der Waals surface area (Å²) in [6, 6.07) is 6.50. The van der Waals surface area contributed by atoms with Crippen molar-refractivity contribution in [2.24, 2.45) is 0 Å². The van der Waals surface area contributed by atoms with Gasteiger partial charge >= 0.3 is 18.0 Å². The molecule has 0 atom stereocenters. The maximum atomic E-state index is 12.2. The Morgan fingerprint density at radius 2 is 1.94 bits per heavy atom. The van der Waals surface area contributed by atoms with E-state index in [2.05, 4.69) is 0 Å². The van der Waals surface area contributed by atoms with E-state index in [9.17, 15) is 13.6 Å². The van der Waals surface area contributed by atoms with Crippen LogP contribution in [0.5, 0.6) is 0 Å². The van der Waals surface area contributed by atoms with Gasteiger partial charge in [-0.1, -0.05) is 24.3 Å². The van der Waals surface area contributed by atoms with E-state index in [0.29, 0.717) is 11.1 Å². The van der Waals surface area contributed by atoms with Crippen LogP contribution in [-0.2, 0) is 26.5 Å². The topological polar surface area (TPSA) is 55.8 Å². The number of halogens is 2. The summed E-state index contributed by atoms with van der Waals surface area (Å²) >= 11 is 0. The Kier molecular flexibility index (Phi) is 2.94. The zero-order valence-electron chi connectivity index (χ0n) is 9.44. The lowest BCUT2D eigenvalue weighted by Crippen LogP contribution is -2.40. The van der Waals surface area contributed by atoms with Crippen LogP contribution in [0.2, 0.25) is 0 Å². The second-order valence-corrected chi connectivity index (χ2v) is 3.93. The van der Waals surface area contributed by atoms with Crippen molar-refractivity contribution in [3.8, 4) is 0 Å². The number of carboxylic acid groups (broad SMARTS) is 1. The molecule has 96 valence electrons. The summed E-state index contributed by atoms with van der Waals surface area (Å²) in [6.07, 6.45) is -2.27. The smallest absolute Gasteiger partial charge is 0.355 e. The van der Waals surface area contributed by atoms with E-state index in [-0.39, 0.29) is 6.42 Å². The molecule has 0 amide bonds. The first kappa shape index (κ1) is 12.3. The molecule has 1 fully saturated rings. The number of hydrogen-bond acceptors (Lipinski definition) is 3. The van der Waals surface area contributed by atoms with Crippen molar-refractivity contribution in [1.29, 1.82) is 0 Å². The minimum absolute atomic E-state index is 0.227. The Bertz CT molecular complexity index is 513. The van der Waals surface area contributed by atoms with E-state index in [1.54, 1.807) is 24.3 Å². The fourth-order valence-electron chi connectivity index (χ4n) is 1.83. The summed E-state index contributed by atoms with van der Waals surface area (Å²) < 4.78 is 34.2. The average Bonchev–Trinajstić information content (AvgIpc) is 2.24. The molecule has 1 aromatic rings. The van der Waals surface area contributed by atoms with Gasteiger partial charge in [-0.2, -0.15) is 8.78 Å². The van der Waals surface area contributed by atoms with Crippen LogP contribution in [-0.4, -0.2) is 11.1 Å². The summed E-state index contributed by atoms with van der Waals surface area (Å²) in [5.74, 6) is -3.19. The molecule has 6 heteroatoms. The molecule has 0 saturated carbocycles. The van der Waals surface area contributed by atoms with Crippen LogP contribution in [0.4, 0.5) is 8.78 Å². The van der Waals surface area contributed by atoms with Crippen LogP contribution in [0.3, 0.4) is 0 Å². The molecule has 0 unspecified atom stereocenters. The third-order valence-corrected chi connectivity index (χ3v) is 2.58. The van der Waals surface area contributed by atoms with Crippen LogP contribution in [0.15, 0.2) is 36.3 Å². The Balaban J connectivity index is 2.30. The van der Waals surface area contributed by atoms with E-state index in [1.165, 1.54) is 6.92 Å². The molecular weight excluding hydrogens is 246 g/mol. The minimum Gasteiger partial charge on any atom is -0.481 e. The van der Waals surface area contributed by atoms with Gasteiger partial charge in [-0.25, -0.2) is 0 Å². The largest absolute Gasteiger partial charge is 0.481 e. The van der Waals surface area contributed by atoms with E-state index >= 15 is 0 Å². The van der Waals surface area contributed by atoms with Crippen LogP contribution in [0.25, 0.3) is 0 Å². The van der Waals surface area contributed by atoms with Gasteiger partial charge in [0, 0.05) is 12.5 Å². The highest BCUT2D eigenvalue weighted by atomic mass is 19.3. The molecule has 0 bridgehead atoms. The van der Waals surface area contributed by atoms with Crippen molar-refractivity contribution >= 4 is 5.97 Å². The Morgan fingerprint density at radius 1 is 1.33 bits per heavy atom. The number of carboxylic acids is 1. The average molecular weight is 256 g/mol. The van der Waals surface area contributed by atoms with Crippen molar-refractivity contribution in [1.82, 2.24) is 0 Å². The van der Waals surface area contributed by atoms with Crippen molar-refractivity contribution in [3.05, 3.63) is 47.4 Å². The third kappa shape index (κ3) is 2.13. The summed E-state index contributed by atoms with van der Waals surface area (Å²) in [4.78, 5) is 10.7. The fraction of sp³-hybridized carbons (Fsp3) is 0.250. The second kappa shape index (κ2) is 4.29. The Morgan fingerprint density at radius 3 is 2.50 bits per heavy atom. The molecule has 0 spiro atoms. The van der Waals surface area contributed by atoms with Gasteiger partial charge in [0.1, 0.15) is 0 Å². The first-order valence-corrected chi connectivity index (χ1v) is 5.16. The summed E-state index contributed by atoms with van der Waals surface area (Å²) in [7, 11) is 0.